The highest BCUT2D eigenvalue weighted by molar-refractivity contribution is 9.10. The molecule has 0 bridgehead atoms. The van der Waals surface area contributed by atoms with Gasteiger partial charge in [-0.05, 0) is 89.1 Å². The minimum absolute atomic E-state index is 0.00571. The van der Waals surface area contributed by atoms with E-state index in [0.717, 1.165) is 34.4 Å². The summed E-state index contributed by atoms with van der Waals surface area (Å²) in [6.07, 6.45) is -2.01. The number of aryl methyl sites for hydroxylation is 1. The number of nitrogens with zero attached hydrogens (tertiary/aromatic N) is 2. The number of halogens is 5. The maximum Gasteiger partial charge on any atom is 0.410 e. The van der Waals surface area contributed by atoms with Crippen LogP contribution in [0.2, 0.25) is 0 Å². The van der Waals surface area contributed by atoms with Gasteiger partial charge >= 0.3 is 12.1 Å². The monoisotopic (exact) mass is 678 g/mol. The Balaban J connectivity index is 1.49. The first-order chi connectivity index (χ1) is 17.9. The number of thiophene rings is 1. The molecule has 0 aromatic carbocycles. The molecule has 0 radical (unpaired) electrons. The topological polar surface area (TPSA) is 98.4 Å². The van der Waals surface area contributed by atoms with Gasteiger partial charge in [0.15, 0.2) is 16.4 Å². The van der Waals surface area contributed by atoms with E-state index in [1.54, 1.807) is 26.0 Å². The van der Waals surface area contributed by atoms with Crippen molar-refractivity contribution in [3.8, 4) is 0 Å². The van der Waals surface area contributed by atoms with E-state index >= 15 is 0 Å². The van der Waals surface area contributed by atoms with Crippen LogP contribution < -0.4 is 10.6 Å². The van der Waals surface area contributed by atoms with Gasteiger partial charge in [-0.3, -0.25) is 4.79 Å². The van der Waals surface area contributed by atoms with Crippen molar-refractivity contribution in [2.45, 2.75) is 70.3 Å². The van der Waals surface area contributed by atoms with Gasteiger partial charge in [-0.25, -0.2) is 9.48 Å². The number of aromatic nitrogens is 2. The number of amides is 1. The Morgan fingerprint density at radius 2 is 2.00 bits per heavy atom. The predicted molar refractivity (Wildman–Crippen MR) is 142 cm³/mol. The van der Waals surface area contributed by atoms with Crippen molar-refractivity contribution in [2.75, 3.05) is 10.6 Å². The van der Waals surface area contributed by atoms with E-state index in [9.17, 15) is 22.8 Å². The van der Waals surface area contributed by atoms with Gasteiger partial charge in [-0.2, -0.15) is 18.3 Å². The molecule has 1 aliphatic heterocycles. The molecule has 0 fully saturated rings. The average Bonchev–Trinajstić information content (AvgIpc) is 3.52. The van der Waals surface area contributed by atoms with Gasteiger partial charge in [0, 0.05) is 11.3 Å². The van der Waals surface area contributed by atoms with Crippen molar-refractivity contribution in [2.24, 2.45) is 0 Å². The highest BCUT2D eigenvalue weighted by Crippen LogP contribution is 2.47. The molecule has 3 aromatic rings. The van der Waals surface area contributed by atoms with E-state index in [1.807, 2.05) is 0 Å². The third-order valence-corrected chi connectivity index (χ3v) is 8.78. The summed E-state index contributed by atoms with van der Waals surface area (Å²) in [7, 11) is 0. The number of carbonyl (C=O) groups excluding carboxylic acids is 2. The second kappa shape index (κ2) is 10.3. The lowest BCUT2D eigenvalue weighted by Gasteiger charge is -2.32. The number of anilines is 2. The molecular weight excluding hydrogens is 657 g/mol. The highest BCUT2D eigenvalue weighted by Gasteiger charge is 2.48. The number of esters is 1. The molecule has 0 unspecified atom stereocenters. The number of alkyl halides is 3. The molecule has 3 aromatic heterocycles. The fraction of sp³-hybridized carbons (Fsp3) is 0.458. The predicted octanol–water partition coefficient (Wildman–Crippen LogP) is 7.42. The van der Waals surface area contributed by atoms with Gasteiger partial charge in [0.2, 0.25) is 0 Å². The molecule has 4 heterocycles. The van der Waals surface area contributed by atoms with Crippen molar-refractivity contribution in [3.63, 3.8) is 0 Å². The van der Waals surface area contributed by atoms with Crippen LogP contribution in [-0.2, 0) is 17.6 Å². The molecule has 204 valence electrons. The molecule has 2 aliphatic rings. The Morgan fingerprint density at radius 1 is 1.26 bits per heavy atom. The first kappa shape index (κ1) is 27.3. The van der Waals surface area contributed by atoms with E-state index in [4.69, 9.17) is 9.15 Å². The summed E-state index contributed by atoms with van der Waals surface area (Å²) in [6.45, 7) is 3.47. The largest absolute Gasteiger partial charge is 0.459 e. The zero-order valence-electron chi connectivity index (χ0n) is 20.2. The smallest absolute Gasteiger partial charge is 0.410 e. The summed E-state index contributed by atoms with van der Waals surface area (Å²) >= 11 is 7.75. The quantitative estimate of drug-likeness (QED) is 0.273. The summed E-state index contributed by atoms with van der Waals surface area (Å²) in [6, 6.07) is 0.392. The molecule has 1 aliphatic carbocycles. The third-order valence-electron chi connectivity index (χ3n) is 6.39. The SMILES string of the molecule is CC(C)OC(=O)c1c(NC(=O)c2nn3c(c2Br)N[C@H](c2ccc(Br)o2)C[C@@H]3C(F)(F)F)sc2c1CCCC2. The number of ether oxygens (including phenoxy) is 1. The molecule has 14 heteroatoms. The molecule has 2 N–H and O–H groups in total. The first-order valence-electron chi connectivity index (χ1n) is 12.0. The van der Waals surface area contributed by atoms with Crippen LogP contribution in [0.25, 0.3) is 0 Å². The first-order valence-corrected chi connectivity index (χ1v) is 14.4. The fourth-order valence-corrected chi connectivity index (χ4v) is 6.89. The van der Waals surface area contributed by atoms with Gasteiger partial charge in [-0.1, -0.05) is 0 Å². The van der Waals surface area contributed by atoms with E-state index in [2.05, 4.69) is 47.6 Å². The van der Waals surface area contributed by atoms with E-state index in [0.29, 0.717) is 27.4 Å². The maximum absolute atomic E-state index is 14.1. The molecule has 1 amide bonds. The molecule has 8 nitrogen and oxygen atoms in total. The third kappa shape index (κ3) is 5.14. The van der Waals surface area contributed by atoms with Crippen molar-refractivity contribution in [1.82, 2.24) is 9.78 Å². The van der Waals surface area contributed by atoms with Crippen molar-refractivity contribution in [3.05, 3.63) is 48.7 Å². The van der Waals surface area contributed by atoms with Crippen molar-refractivity contribution < 1.29 is 31.9 Å². The number of furan rings is 1. The molecule has 5 rings (SSSR count). The van der Waals surface area contributed by atoms with Gasteiger partial charge in [0.05, 0.1) is 22.2 Å². The van der Waals surface area contributed by atoms with Crippen LogP contribution in [-0.4, -0.2) is 33.9 Å². The molecule has 0 saturated carbocycles. The lowest BCUT2D eigenvalue weighted by atomic mass is 9.95. The Morgan fingerprint density at radius 3 is 2.66 bits per heavy atom. The Kier molecular flexibility index (Phi) is 7.42. The van der Waals surface area contributed by atoms with Crippen LogP contribution in [0.3, 0.4) is 0 Å². The van der Waals surface area contributed by atoms with Crippen LogP contribution in [0.5, 0.6) is 0 Å². The Labute approximate surface area is 236 Å². The summed E-state index contributed by atoms with van der Waals surface area (Å²) in [5, 5.41) is 10.1. The second-order valence-electron chi connectivity index (χ2n) is 9.41. The van der Waals surface area contributed by atoms with E-state index < -0.39 is 30.1 Å². The number of hydrogen-bond acceptors (Lipinski definition) is 7. The van der Waals surface area contributed by atoms with Gasteiger partial charge in [-0.15, -0.1) is 11.3 Å². The molecular formula is C24H23Br2F3N4O4S. The molecule has 0 saturated heterocycles. The number of rotatable bonds is 5. The fourth-order valence-electron chi connectivity index (χ4n) is 4.74. The van der Waals surface area contributed by atoms with Crippen molar-refractivity contribution in [1.29, 1.82) is 0 Å². The van der Waals surface area contributed by atoms with Crippen LogP contribution >= 0.6 is 43.2 Å². The van der Waals surface area contributed by atoms with Crippen LogP contribution in [0.4, 0.5) is 24.0 Å². The summed E-state index contributed by atoms with van der Waals surface area (Å²) in [5.74, 6) is -0.958. The van der Waals surface area contributed by atoms with Crippen LogP contribution in [0.15, 0.2) is 25.7 Å². The lowest BCUT2D eigenvalue weighted by molar-refractivity contribution is -0.174. The zero-order chi connectivity index (χ0) is 27.4. The van der Waals surface area contributed by atoms with Crippen molar-refractivity contribution >= 4 is 65.9 Å². The number of nitrogens with one attached hydrogen (secondary N) is 2. The number of fused-ring (bicyclic) bond motifs is 2. The minimum Gasteiger partial charge on any atom is -0.459 e. The van der Waals surface area contributed by atoms with E-state index in [1.165, 1.54) is 11.3 Å². The standard InChI is InChI=1S/C24H23Br2F3N4O4S/c1-10(2)36-23(35)17-11-5-3-4-6-14(11)38-22(17)31-21(34)19-18(26)20-30-12(13-7-8-16(25)37-13)9-15(24(27,28)29)33(20)32-19/h7-8,10,12,15,30H,3-6,9H2,1-2H3,(H,31,34)/t12-,15+/m0/s1. The Hall–Kier alpha value is -2.32. The second-order valence-corrected chi connectivity index (χ2v) is 12.1. The van der Waals surface area contributed by atoms with Crippen LogP contribution in [0, 0.1) is 0 Å². The van der Waals surface area contributed by atoms with Gasteiger partial charge in [0.1, 0.15) is 16.6 Å². The lowest BCUT2D eigenvalue weighted by Crippen LogP contribution is -2.35. The normalized spacial score (nSPS) is 19.1. The average molecular weight is 680 g/mol. The summed E-state index contributed by atoms with van der Waals surface area (Å²) in [5.41, 5.74) is 0.927. The van der Waals surface area contributed by atoms with E-state index in [-0.39, 0.29) is 28.5 Å². The maximum atomic E-state index is 14.1. The van der Waals surface area contributed by atoms with Crippen LogP contribution in [0.1, 0.15) is 82.2 Å². The van der Waals surface area contributed by atoms with Gasteiger partial charge < -0.3 is 19.8 Å². The highest BCUT2D eigenvalue weighted by atomic mass is 79.9. The summed E-state index contributed by atoms with van der Waals surface area (Å²) in [4.78, 5) is 27.3. The molecule has 2 atom stereocenters. The Bertz CT molecular complexity index is 1400. The van der Waals surface area contributed by atoms with Gasteiger partial charge in [0.25, 0.3) is 5.91 Å². The molecule has 0 spiro atoms. The zero-order valence-corrected chi connectivity index (χ0v) is 24.2. The minimum atomic E-state index is -4.63. The number of hydrogen-bond donors (Lipinski definition) is 2. The summed E-state index contributed by atoms with van der Waals surface area (Å²) < 4.78 is 54.4. The molecule has 38 heavy (non-hydrogen) atoms. The number of carbonyl (C=O) groups is 2.